The number of rotatable bonds is 3. The number of thiazole rings is 1. The van der Waals surface area contributed by atoms with E-state index in [1.54, 1.807) is 12.5 Å². The number of carbonyl (C=O) groups is 1. The Hall–Kier alpha value is -2.32. The number of ether oxygens (including phenoxy) is 2. The molecule has 0 atom stereocenters. The highest BCUT2D eigenvalue weighted by Crippen LogP contribution is 2.11. The average Bonchev–Trinajstić information content (AvgIpc) is 2.90. The highest BCUT2D eigenvalue weighted by Gasteiger charge is 2.09. The van der Waals surface area contributed by atoms with Crippen molar-refractivity contribution in [2.45, 2.75) is 6.92 Å². The van der Waals surface area contributed by atoms with E-state index < -0.39 is 5.97 Å². The fourth-order valence-corrected chi connectivity index (χ4v) is 2.05. The molecule has 0 amide bonds. The van der Waals surface area contributed by atoms with E-state index in [-0.39, 0.29) is 6.61 Å². The van der Waals surface area contributed by atoms with Crippen LogP contribution < -0.4 is 4.74 Å². The fourth-order valence-electron chi connectivity index (χ4n) is 1.47. The highest BCUT2D eigenvalue weighted by molar-refractivity contribution is 7.09. The molecule has 0 saturated heterocycles. The summed E-state index contributed by atoms with van der Waals surface area (Å²) in [7, 11) is 1.60. The monoisotopic (exact) mass is 287 g/mol. The summed E-state index contributed by atoms with van der Waals surface area (Å²) < 4.78 is 10.1. The first kappa shape index (κ1) is 14.1. The molecule has 1 aromatic carbocycles. The van der Waals surface area contributed by atoms with E-state index in [0.29, 0.717) is 5.69 Å². The molecular weight excluding hydrogens is 274 g/mol. The largest absolute Gasteiger partial charge is 0.497 e. The molecule has 0 aliphatic heterocycles. The van der Waals surface area contributed by atoms with Gasteiger partial charge in [0.05, 0.1) is 12.1 Å². The number of aryl methyl sites for hydroxylation is 1. The molecular formula is C15H13NO3S. The Balaban J connectivity index is 1.90. The summed E-state index contributed by atoms with van der Waals surface area (Å²) in [4.78, 5) is 15.7. The van der Waals surface area contributed by atoms with Crippen molar-refractivity contribution in [1.82, 2.24) is 4.98 Å². The Morgan fingerprint density at radius 2 is 2.30 bits per heavy atom. The van der Waals surface area contributed by atoms with Crippen molar-refractivity contribution in [2.75, 3.05) is 13.7 Å². The molecule has 4 nitrogen and oxygen atoms in total. The first-order valence-corrected chi connectivity index (χ1v) is 6.79. The van der Waals surface area contributed by atoms with Crippen LogP contribution in [0.15, 0.2) is 29.6 Å². The summed E-state index contributed by atoms with van der Waals surface area (Å²) in [5, 5.41) is 2.51. The van der Waals surface area contributed by atoms with Gasteiger partial charge in [-0.1, -0.05) is 17.9 Å². The zero-order valence-electron chi connectivity index (χ0n) is 11.2. The molecule has 0 N–H and O–H groups in total. The number of nitrogens with zero attached hydrogens (tertiary/aromatic N) is 1. The molecule has 1 heterocycles. The van der Waals surface area contributed by atoms with Crippen molar-refractivity contribution < 1.29 is 14.3 Å². The standard InChI is InChI=1S/C15H13NO3S/c1-11-16-14(10-20-11)15(17)19-8-4-6-12-5-3-7-13(9-12)18-2/h3,5,7,9-10H,8H2,1-2H3. The molecule has 2 aromatic rings. The third-order valence-electron chi connectivity index (χ3n) is 2.41. The quantitative estimate of drug-likeness (QED) is 0.643. The average molecular weight is 287 g/mol. The number of aromatic nitrogens is 1. The minimum atomic E-state index is -0.450. The highest BCUT2D eigenvalue weighted by atomic mass is 32.1. The maximum Gasteiger partial charge on any atom is 0.358 e. The maximum absolute atomic E-state index is 11.6. The molecule has 0 fully saturated rings. The normalized spacial score (nSPS) is 9.50. The van der Waals surface area contributed by atoms with Crippen LogP contribution in [0.2, 0.25) is 0 Å². The van der Waals surface area contributed by atoms with Gasteiger partial charge in [-0.25, -0.2) is 9.78 Å². The third kappa shape index (κ3) is 3.84. The molecule has 102 valence electrons. The van der Waals surface area contributed by atoms with Crippen LogP contribution in [-0.4, -0.2) is 24.7 Å². The SMILES string of the molecule is COc1cccc(C#CCOC(=O)c2csc(C)n2)c1. The molecule has 1 aromatic heterocycles. The maximum atomic E-state index is 11.6. The van der Waals surface area contributed by atoms with Gasteiger partial charge < -0.3 is 9.47 Å². The molecule has 2 rings (SSSR count). The van der Waals surface area contributed by atoms with E-state index >= 15 is 0 Å². The van der Waals surface area contributed by atoms with E-state index in [4.69, 9.17) is 9.47 Å². The lowest BCUT2D eigenvalue weighted by atomic mass is 10.2. The van der Waals surface area contributed by atoms with E-state index in [9.17, 15) is 4.79 Å². The van der Waals surface area contributed by atoms with Gasteiger partial charge in [0.1, 0.15) is 5.75 Å². The number of hydrogen-bond donors (Lipinski definition) is 0. The van der Waals surface area contributed by atoms with Crippen molar-refractivity contribution in [1.29, 1.82) is 0 Å². The lowest BCUT2D eigenvalue weighted by molar-refractivity contribution is 0.0550. The Kier molecular flexibility index (Phi) is 4.75. The Morgan fingerprint density at radius 1 is 1.45 bits per heavy atom. The molecule has 5 heteroatoms. The Bertz CT molecular complexity index is 667. The molecule has 0 bridgehead atoms. The summed E-state index contributed by atoms with van der Waals surface area (Å²) in [6.45, 7) is 1.87. The number of hydrogen-bond acceptors (Lipinski definition) is 5. The van der Waals surface area contributed by atoms with Crippen LogP contribution in [0.3, 0.4) is 0 Å². The van der Waals surface area contributed by atoms with Crippen LogP contribution in [0, 0.1) is 18.8 Å². The summed E-state index contributed by atoms with van der Waals surface area (Å²) in [5.41, 5.74) is 1.14. The zero-order chi connectivity index (χ0) is 14.4. The Morgan fingerprint density at radius 3 is 3.00 bits per heavy atom. The van der Waals surface area contributed by atoms with Gasteiger partial charge >= 0.3 is 5.97 Å². The van der Waals surface area contributed by atoms with Crippen LogP contribution >= 0.6 is 11.3 Å². The molecule has 0 unspecified atom stereocenters. The summed E-state index contributed by atoms with van der Waals surface area (Å²) in [5.74, 6) is 5.99. The first-order valence-electron chi connectivity index (χ1n) is 5.91. The minimum absolute atomic E-state index is 0.0343. The van der Waals surface area contributed by atoms with Crippen LogP contribution in [0.4, 0.5) is 0 Å². The Labute approximate surface area is 121 Å². The van der Waals surface area contributed by atoms with Gasteiger partial charge in [-0.2, -0.15) is 0 Å². The van der Waals surface area contributed by atoms with Crippen molar-refractivity contribution >= 4 is 17.3 Å². The zero-order valence-corrected chi connectivity index (χ0v) is 12.0. The second kappa shape index (κ2) is 6.73. The van der Waals surface area contributed by atoms with Crippen molar-refractivity contribution in [2.24, 2.45) is 0 Å². The predicted octanol–water partition coefficient (Wildman–Crippen LogP) is 2.67. The summed E-state index contributed by atoms with van der Waals surface area (Å²) >= 11 is 1.41. The molecule has 20 heavy (non-hydrogen) atoms. The summed E-state index contributed by atoms with van der Waals surface area (Å²) in [6.07, 6.45) is 0. The molecule has 0 radical (unpaired) electrons. The van der Waals surface area contributed by atoms with Gasteiger partial charge in [0.15, 0.2) is 12.3 Å². The van der Waals surface area contributed by atoms with Gasteiger partial charge in [-0.05, 0) is 25.1 Å². The van der Waals surface area contributed by atoms with Crippen LogP contribution in [0.25, 0.3) is 0 Å². The molecule has 0 spiro atoms. The van der Waals surface area contributed by atoms with Crippen LogP contribution in [0.5, 0.6) is 5.75 Å². The van der Waals surface area contributed by atoms with E-state index in [0.717, 1.165) is 16.3 Å². The molecule has 0 aliphatic carbocycles. The first-order chi connectivity index (χ1) is 9.69. The second-order valence-electron chi connectivity index (χ2n) is 3.86. The van der Waals surface area contributed by atoms with Gasteiger partial charge in [0.2, 0.25) is 0 Å². The van der Waals surface area contributed by atoms with Gasteiger partial charge in [-0.15, -0.1) is 11.3 Å². The number of carbonyl (C=O) groups excluding carboxylic acids is 1. The van der Waals surface area contributed by atoms with E-state index in [2.05, 4.69) is 16.8 Å². The van der Waals surface area contributed by atoms with Gasteiger partial charge in [-0.3, -0.25) is 0 Å². The number of benzene rings is 1. The van der Waals surface area contributed by atoms with Crippen molar-refractivity contribution in [3.63, 3.8) is 0 Å². The molecule has 0 saturated carbocycles. The molecule has 0 aliphatic rings. The van der Waals surface area contributed by atoms with E-state index in [1.807, 2.05) is 31.2 Å². The van der Waals surface area contributed by atoms with Crippen LogP contribution in [-0.2, 0) is 4.74 Å². The smallest absolute Gasteiger partial charge is 0.358 e. The minimum Gasteiger partial charge on any atom is -0.497 e. The predicted molar refractivity (Wildman–Crippen MR) is 77.0 cm³/mol. The lowest BCUT2D eigenvalue weighted by Crippen LogP contribution is -2.05. The fraction of sp³-hybridized carbons (Fsp3) is 0.200. The van der Waals surface area contributed by atoms with Crippen molar-refractivity contribution in [3.05, 3.63) is 45.9 Å². The van der Waals surface area contributed by atoms with Gasteiger partial charge in [0, 0.05) is 10.9 Å². The van der Waals surface area contributed by atoms with Crippen molar-refractivity contribution in [3.8, 4) is 17.6 Å². The van der Waals surface area contributed by atoms with Crippen LogP contribution in [0.1, 0.15) is 21.1 Å². The lowest BCUT2D eigenvalue weighted by Gasteiger charge is -1.98. The third-order valence-corrected chi connectivity index (χ3v) is 3.18. The van der Waals surface area contributed by atoms with E-state index in [1.165, 1.54) is 11.3 Å². The topological polar surface area (TPSA) is 48.4 Å². The number of methoxy groups -OCH3 is 1. The number of esters is 1. The summed E-state index contributed by atoms with van der Waals surface area (Å²) in [6, 6.07) is 7.38. The second-order valence-corrected chi connectivity index (χ2v) is 4.92. The van der Waals surface area contributed by atoms with Gasteiger partial charge in [0.25, 0.3) is 0 Å².